The maximum atomic E-state index is 12.9. The molecular weight excluding hydrogens is 937 g/mol. The lowest BCUT2D eigenvalue weighted by atomic mass is 10.0. The fourth-order valence-electron chi connectivity index (χ4n) is 8.58. The van der Waals surface area contributed by atoms with E-state index in [1.807, 2.05) is 6.08 Å². The van der Waals surface area contributed by atoms with Crippen LogP contribution in [-0.4, -0.2) is 37.2 Å². The average Bonchev–Trinajstić information content (AvgIpc) is 3.42. The van der Waals surface area contributed by atoms with Gasteiger partial charge in [-0.25, -0.2) is 0 Å². The molecule has 0 N–H and O–H groups in total. The second-order valence-corrected chi connectivity index (χ2v) is 20.6. The summed E-state index contributed by atoms with van der Waals surface area (Å²) in [5, 5.41) is 0. The van der Waals surface area contributed by atoms with Crippen LogP contribution >= 0.6 is 0 Å². The molecule has 0 rings (SSSR count). The predicted molar refractivity (Wildman–Crippen MR) is 330 cm³/mol. The van der Waals surface area contributed by atoms with E-state index < -0.39 is 6.10 Å². The Kier molecular flexibility index (Phi) is 59.9. The van der Waals surface area contributed by atoms with E-state index in [-0.39, 0.29) is 37.5 Å². The molecule has 0 amide bonds. The number of unbranched alkanes of at least 4 members (excludes halogenated alkanes) is 25. The minimum absolute atomic E-state index is 0.100. The van der Waals surface area contributed by atoms with E-state index in [2.05, 4.69) is 136 Å². The van der Waals surface area contributed by atoms with Gasteiger partial charge in [-0.3, -0.25) is 14.4 Å². The topological polar surface area (TPSA) is 78.9 Å². The molecule has 6 nitrogen and oxygen atoms in total. The molecule has 1 unspecified atom stereocenters. The lowest BCUT2D eigenvalue weighted by Gasteiger charge is -2.18. The number of hydrogen-bond acceptors (Lipinski definition) is 6. The van der Waals surface area contributed by atoms with Gasteiger partial charge in [0.1, 0.15) is 13.2 Å². The lowest BCUT2D eigenvalue weighted by Crippen LogP contribution is -2.30. The Bertz CT molecular complexity index is 1590. The van der Waals surface area contributed by atoms with E-state index in [9.17, 15) is 14.4 Å². The minimum atomic E-state index is -0.808. The summed E-state index contributed by atoms with van der Waals surface area (Å²) in [7, 11) is 0. The maximum absolute atomic E-state index is 12.9. The molecule has 0 bridgehead atoms. The first-order chi connectivity index (χ1) is 37.5. The van der Waals surface area contributed by atoms with Gasteiger partial charge in [-0.1, -0.05) is 290 Å². The molecular formula is C70H116O6. The Morgan fingerprint density at radius 2 is 0.539 bits per heavy atom. The molecule has 0 aromatic carbocycles. The number of ether oxygens (including phenoxy) is 3. The van der Waals surface area contributed by atoms with Crippen molar-refractivity contribution in [2.75, 3.05) is 13.2 Å². The van der Waals surface area contributed by atoms with Gasteiger partial charge in [-0.2, -0.15) is 0 Å². The number of hydrogen-bond donors (Lipinski definition) is 0. The van der Waals surface area contributed by atoms with Gasteiger partial charge in [0.25, 0.3) is 0 Å². The number of allylic oxidation sites excluding steroid dienone is 20. The summed E-state index contributed by atoms with van der Waals surface area (Å²) in [6.07, 6.45) is 88.0. The summed E-state index contributed by atoms with van der Waals surface area (Å²) in [4.78, 5) is 38.2. The quantitative estimate of drug-likeness (QED) is 0.0261. The summed E-state index contributed by atoms with van der Waals surface area (Å²) in [5.41, 5.74) is 0. The second-order valence-electron chi connectivity index (χ2n) is 20.6. The maximum Gasteiger partial charge on any atom is 0.306 e. The average molecular weight is 1050 g/mol. The van der Waals surface area contributed by atoms with Gasteiger partial charge in [0.15, 0.2) is 6.10 Å². The van der Waals surface area contributed by atoms with Crippen LogP contribution in [-0.2, 0) is 28.6 Å². The molecule has 0 radical (unpaired) electrons. The van der Waals surface area contributed by atoms with Crippen molar-refractivity contribution in [2.45, 2.75) is 290 Å². The van der Waals surface area contributed by atoms with Gasteiger partial charge in [0.05, 0.1) is 0 Å². The van der Waals surface area contributed by atoms with Crippen molar-refractivity contribution < 1.29 is 28.6 Å². The molecule has 0 saturated heterocycles. The summed E-state index contributed by atoms with van der Waals surface area (Å²) < 4.78 is 16.8. The van der Waals surface area contributed by atoms with Crippen LogP contribution < -0.4 is 0 Å². The van der Waals surface area contributed by atoms with Crippen molar-refractivity contribution >= 4 is 17.9 Å². The van der Waals surface area contributed by atoms with E-state index in [4.69, 9.17) is 14.2 Å². The van der Waals surface area contributed by atoms with Crippen molar-refractivity contribution in [2.24, 2.45) is 0 Å². The van der Waals surface area contributed by atoms with E-state index in [1.54, 1.807) is 0 Å². The van der Waals surface area contributed by atoms with E-state index in [0.717, 1.165) is 103 Å². The number of rotatable bonds is 56. The molecule has 0 aromatic rings. The van der Waals surface area contributed by atoms with Crippen LogP contribution in [0.3, 0.4) is 0 Å². The summed E-state index contributed by atoms with van der Waals surface area (Å²) >= 11 is 0. The smallest absolute Gasteiger partial charge is 0.306 e. The predicted octanol–water partition coefficient (Wildman–Crippen LogP) is 21.6. The van der Waals surface area contributed by atoms with Crippen molar-refractivity contribution in [1.82, 2.24) is 0 Å². The van der Waals surface area contributed by atoms with Gasteiger partial charge in [-0.15, -0.1) is 0 Å². The third kappa shape index (κ3) is 60.7. The highest BCUT2D eigenvalue weighted by molar-refractivity contribution is 5.71. The van der Waals surface area contributed by atoms with Crippen molar-refractivity contribution in [3.63, 3.8) is 0 Å². The largest absolute Gasteiger partial charge is 0.462 e. The van der Waals surface area contributed by atoms with E-state index in [0.29, 0.717) is 19.3 Å². The molecule has 0 fully saturated rings. The SMILES string of the molecule is CC/C=C\C/C=C\C/C=C\C/C=C\C/C=C\C/C=C\CCCCCCCCCCCCCCC(=O)OCC(COC(=O)CC/C=C\C/C=C\C/C=C\C/C=C\CC)OC(=O)CCCCCCCCCCCCCCCC. The molecule has 0 spiro atoms. The van der Waals surface area contributed by atoms with Crippen molar-refractivity contribution in [1.29, 1.82) is 0 Å². The van der Waals surface area contributed by atoms with Crippen LogP contribution in [0.1, 0.15) is 284 Å². The fraction of sp³-hybridized carbons (Fsp3) is 0.671. The molecule has 0 aliphatic rings. The van der Waals surface area contributed by atoms with Crippen LogP contribution in [0.2, 0.25) is 0 Å². The van der Waals surface area contributed by atoms with Crippen molar-refractivity contribution in [3.05, 3.63) is 122 Å². The van der Waals surface area contributed by atoms with Gasteiger partial charge in [0, 0.05) is 19.3 Å². The Morgan fingerprint density at radius 1 is 0.276 bits per heavy atom. The van der Waals surface area contributed by atoms with Crippen LogP contribution in [0.15, 0.2) is 122 Å². The van der Waals surface area contributed by atoms with Gasteiger partial charge < -0.3 is 14.2 Å². The van der Waals surface area contributed by atoms with E-state index >= 15 is 0 Å². The van der Waals surface area contributed by atoms with Gasteiger partial charge in [0.2, 0.25) is 0 Å². The number of carbonyl (C=O) groups is 3. The Morgan fingerprint density at radius 3 is 0.882 bits per heavy atom. The molecule has 1 atom stereocenters. The zero-order valence-electron chi connectivity index (χ0n) is 49.5. The first-order valence-corrected chi connectivity index (χ1v) is 31.5. The minimum Gasteiger partial charge on any atom is -0.462 e. The highest BCUT2D eigenvalue weighted by Gasteiger charge is 2.19. The first kappa shape index (κ1) is 71.8. The summed E-state index contributed by atoms with van der Waals surface area (Å²) in [6, 6.07) is 0. The Labute approximate surface area is 469 Å². The zero-order chi connectivity index (χ0) is 55.0. The Balaban J connectivity index is 4.25. The zero-order valence-corrected chi connectivity index (χ0v) is 49.5. The van der Waals surface area contributed by atoms with Crippen LogP contribution in [0, 0.1) is 0 Å². The second kappa shape index (κ2) is 63.3. The summed E-state index contributed by atoms with van der Waals surface area (Å²) in [6.45, 7) is 6.36. The van der Waals surface area contributed by atoms with Crippen LogP contribution in [0.5, 0.6) is 0 Å². The van der Waals surface area contributed by atoms with Gasteiger partial charge in [-0.05, 0) is 96.3 Å². The molecule has 0 heterocycles. The molecule has 0 aliphatic heterocycles. The normalized spacial score (nSPS) is 12.9. The summed E-state index contributed by atoms with van der Waals surface area (Å²) in [5.74, 6) is -0.982. The third-order valence-electron chi connectivity index (χ3n) is 13.2. The highest BCUT2D eigenvalue weighted by atomic mass is 16.6. The molecule has 0 aromatic heterocycles. The van der Waals surface area contributed by atoms with Crippen LogP contribution in [0.25, 0.3) is 0 Å². The molecule has 76 heavy (non-hydrogen) atoms. The fourth-order valence-corrected chi connectivity index (χ4v) is 8.58. The monoisotopic (exact) mass is 1050 g/mol. The third-order valence-corrected chi connectivity index (χ3v) is 13.2. The molecule has 6 heteroatoms. The lowest BCUT2D eigenvalue weighted by molar-refractivity contribution is -0.166. The van der Waals surface area contributed by atoms with Crippen LogP contribution in [0.4, 0.5) is 0 Å². The standard InChI is InChI=1S/C70H116O6/c1-4-7-10-13-16-19-22-25-27-28-29-30-31-32-33-34-35-36-37-38-39-40-41-42-43-46-48-51-54-57-60-63-69(72)75-66-67(65-74-68(71)62-59-56-53-50-47-44-24-21-18-15-12-9-6-3)76-70(73)64-61-58-55-52-49-45-26-23-20-17-14-11-8-5-2/h7,9-10,12,16,18-19,21,25,27,29-30,32-33,35-36,44,47,53,56,67H,4-6,8,11,13-15,17,20,22-24,26,28,31,34,37-43,45-46,48-52,54-55,57-66H2,1-3H3/b10-7-,12-9-,19-16-,21-18-,27-25-,30-29-,33-32-,36-35-,47-44-,56-53-. The molecule has 0 aliphatic carbocycles. The van der Waals surface area contributed by atoms with Gasteiger partial charge >= 0.3 is 17.9 Å². The number of carbonyl (C=O) groups excluding carboxylic acids is 3. The van der Waals surface area contributed by atoms with Crippen molar-refractivity contribution in [3.8, 4) is 0 Å². The Hall–Kier alpha value is -4.19. The van der Waals surface area contributed by atoms with E-state index in [1.165, 1.54) is 135 Å². The molecule has 432 valence electrons. The highest BCUT2D eigenvalue weighted by Crippen LogP contribution is 2.16. The molecule has 0 saturated carbocycles. The first-order valence-electron chi connectivity index (χ1n) is 31.5. The number of esters is 3.